The van der Waals surface area contributed by atoms with Crippen molar-refractivity contribution < 1.29 is 19.8 Å². The van der Waals surface area contributed by atoms with Gasteiger partial charge in [-0.25, -0.2) is 0 Å². The van der Waals surface area contributed by atoms with Crippen molar-refractivity contribution in [3.8, 4) is 11.8 Å². The number of carbonyl (C=O) groups excluding carboxylic acids is 1. The second-order valence-corrected chi connectivity index (χ2v) is 4.18. The van der Waals surface area contributed by atoms with Crippen molar-refractivity contribution in [1.29, 1.82) is 5.26 Å². The minimum absolute atomic E-state index is 0.0455. The zero-order valence-electron chi connectivity index (χ0n) is 11.4. The van der Waals surface area contributed by atoms with Gasteiger partial charge in [0.05, 0.1) is 6.42 Å². The van der Waals surface area contributed by atoms with E-state index >= 15 is 0 Å². The van der Waals surface area contributed by atoms with Gasteiger partial charge in [-0.05, 0) is 24.3 Å². The summed E-state index contributed by atoms with van der Waals surface area (Å²) in [6, 6.07) is 7.99. The van der Waals surface area contributed by atoms with Crippen molar-refractivity contribution in [2.24, 2.45) is 0 Å². The summed E-state index contributed by atoms with van der Waals surface area (Å²) in [5, 5.41) is 29.0. The molecule has 0 saturated carbocycles. The number of rotatable bonds is 6. The van der Waals surface area contributed by atoms with E-state index in [1.54, 1.807) is 30.1 Å². The van der Waals surface area contributed by atoms with Crippen molar-refractivity contribution in [3.05, 3.63) is 36.0 Å². The number of carboxylic acid groups (broad SMARTS) is 1. The smallest absolute Gasteiger partial charge is 0.305 e. The van der Waals surface area contributed by atoms with E-state index in [1.807, 2.05) is 0 Å². The molecule has 1 aromatic rings. The van der Waals surface area contributed by atoms with Crippen molar-refractivity contribution in [1.82, 2.24) is 5.32 Å². The number of hydrogen-bond donors (Lipinski definition) is 3. The second kappa shape index (κ2) is 7.55. The van der Waals surface area contributed by atoms with Gasteiger partial charge in [0.1, 0.15) is 17.4 Å². The van der Waals surface area contributed by atoms with Crippen LogP contribution >= 0.6 is 0 Å². The Labute approximate surface area is 121 Å². The fraction of sp³-hybridized carbons (Fsp3) is 0.214. The number of nitriles is 1. The molecule has 7 nitrogen and oxygen atoms in total. The lowest BCUT2D eigenvalue weighted by Gasteiger charge is -2.14. The van der Waals surface area contributed by atoms with Crippen LogP contribution in [-0.2, 0) is 9.59 Å². The van der Waals surface area contributed by atoms with Gasteiger partial charge in [-0.3, -0.25) is 9.59 Å². The van der Waals surface area contributed by atoms with E-state index in [4.69, 9.17) is 10.4 Å². The SMILES string of the molecule is CN(/C=C(/C#N)C(=O)NCCC(=O)O)c1ccc(O)cc1. The van der Waals surface area contributed by atoms with E-state index in [-0.39, 0.29) is 24.3 Å². The maximum Gasteiger partial charge on any atom is 0.305 e. The number of phenols is 1. The first-order valence-electron chi connectivity index (χ1n) is 6.08. The predicted octanol–water partition coefficient (Wildman–Crippen LogP) is 0.827. The van der Waals surface area contributed by atoms with E-state index in [0.717, 1.165) is 0 Å². The average Bonchev–Trinajstić information content (AvgIpc) is 2.44. The van der Waals surface area contributed by atoms with Crippen LogP contribution in [0.15, 0.2) is 36.0 Å². The van der Waals surface area contributed by atoms with Gasteiger partial charge in [0, 0.05) is 25.5 Å². The minimum atomic E-state index is -1.03. The van der Waals surface area contributed by atoms with Crippen LogP contribution in [0, 0.1) is 11.3 Å². The molecule has 0 aliphatic heterocycles. The summed E-state index contributed by atoms with van der Waals surface area (Å²) < 4.78 is 0. The van der Waals surface area contributed by atoms with E-state index in [0.29, 0.717) is 5.69 Å². The quantitative estimate of drug-likeness (QED) is 0.528. The number of aromatic hydroxyl groups is 1. The first-order chi connectivity index (χ1) is 9.93. The van der Waals surface area contributed by atoms with Crippen molar-refractivity contribution in [2.75, 3.05) is 18.5 Å². The zero-order valence-corrected chi connectivity index (χ0v) is 11.4. The Kier molecular flexibility index (Phi) is 5.77. The van der Waals surface area contributed by atoms with Crippen molar-refractivity contribution in [2.45, 2.75) is 6.42 Å². The molecule has 1 rings (SSSR count). The fourth-order valence-electron chi connectivity index (χ4n) is 1.47. The average molecular weight is 289 g/mol. The third kappa shape index (κ3) is 5.24. The molecule has 21 heavy (non-hydrogen) atoms. The molecular formula is C14H15N3O4. The van der Waals surface area contributed by atoms with Gasteiger partial charge in [0.2, 0.25) is 0 Å². The normalized spacial score (nSPS) is 10.6. The van der Waals surface area contributed by atoms with Crippen LogP contribution < -0.4 is 10.2 Å². The predicted molar refractivity (Wildman–Crippen MR) is 75.5 cm³/mol. The Hall–Kier alpha value is -3.01. The number of benzene rings is 1. The van der Waals surface area contributed by atoms with Crippen LogP contribution in [0.5, 0.6) is 5.75 Å². The molecule has 110 valence electrons. The highest BCUT2D eigenvalue weighted by molar-refractivity contribution is 5.97. The molecule has 1 aromatic carbocycles. The monoisotopic (exact) mass is 289 g/mol. The Morgan fingerprint density at radius 3 is 2.52 bits per heavy atom. The van der Waals surface area contributed by atoms with Crippen LogP contribution in [0.4, 0.5) is 5.69 Å². The Bertz CT molecular complexity index is 587. The van der Waals surface area contributed by atoms with E-state index < -0.39 is 11.9 Å². The number of amides is 1. The highest BCUT2D eigenvalue weighted by atomic mass is 16.4. The third-order valence-corrected chi connectivity index (χ3v) is 2.57. The van der Waals surface area contributed by atoms with Gasteiger partial charge in [-0.1, -0.05) is 0 Å². The molecule has 0 bridgehead atoms. The topological polar surface area (TPSA) is 114 Å². The number of anilines is 1. The molecule has 0 spiro atoms. The molecule has 0 aromatic heterocycles. The van der Waals surface area contributed by atoms with Crippen LogP contribution in [-0.4, -0.2) is 35.7 Å². The zero-order chi connectivity index (χ0) is 15.8. The number of phenolic OH excluding ortho intramolecular Hbond substituents is 1. The molecule has 1 amide bonds. The van der Waals surface area contributed by atoms with Crippen LogP contribution in [0.25, 0.3) is 0 Å². The lowest BCUT2D eigenvalue weighted by Crippen LogP contribution is -2.28. The maximum atomic E-state index is 11.7. The van der Waals surface area contributed by atoms with Crippen molar-refractivity contribution >= 4 is 17.6 Å². The summed E-state index contributed by atoms with van der Waals surface area (Å²) in [4.78, 5) is 23.6. The Morgan fingerprint density at radius 2 is 2.00 bits per heavy atom. The first-order valence-corrected chi connectivity index (χ1v) is 6.08. The highest BCUT2D eigenvalue weighted by Gasteiger charge is 2.10. The highest BCUT2D eigenvalue weighted by Crippen LogP contribution is 2.17. The number of nitrogens with one attached hydrogen (secondary N) is 1. The fourth-order valence-corrected chi connectivity index (χ4v) is 1.47. The van der Waals surface area contributed by atoms with Crippen LogP contribution in [0.2, 0.25) is 0 Å². The summed E-state index contributed by atoms with van der Waals surface area (Å²) >= 11 is 0. The molecule has 0 fully saturated rings. The van der Waals surface area contributed by atoms with Gasteiger partial charge in [-0.15, -0.1) is 0 Å². The van der Waals surface area contributed by atoms with E-state index in [1.165, 1.54) is 18.3 Å². The Balaban J connectivity index is 2.74. The standard InChI is InChI=1S/C14H15N3O4/c1-17(11-2-4-12(18)5-3-11)9-10(8-15)14(21)16-7-6-13(19)20/h2-5,9,18H,6-7H2,1H3,(H,16,21)(H,19,20)/b10-9-. The molecule has 7 heteroatoms. The summed E-state index contributed by atoms with van der Waals surface area (Å²) in [7, 11) is 1.65. The lowest BCUT2D eigenvalue weighted by molar-refractivity contribution is -0.136. The van der Waals surface area contributed by atoms with Gasteiger partial charge >= 0.3 is 5.97 Å². The molecule has 0 radical (unpaired) electrons. The van der Waals surface area contributed by atoms with Gasteiger partial charge in [-0.2, -0.15) is 5.26 Å². The number of hydrogen-bond acceptors (Lipinski definition) is 5. The number of carboxylic acids is 1. The largest absolute Gasteiger partial charge is 0.508 e. The molecule has 0 aliphatic carbocycles. The van der Waals surface area contributed by atoms with E-state index in [9.17, 15) is 14.7 Å². The van der Waals surface area contributed by atoms with E-state index in [2.05, 4.69) is 5.32 Å². The summed E-state index contributed by atoms with van der Waals surface area (Å²) in [5.41, 5.74) is 0.537. The molecule has 0 atom stereocenters. The molecule has 3 N–H and O–H groups in total. The van der Waals surface area contributed by atoms with Crippen LogP contribution in [0.3, 0.4) is 0 Å². The molecular weight excluding hydrogens is 274 g/mol. The third-order valence-electron chi connectivity index (χ3n) is 2.57. The molecule has 0 heterocycles. The number of carbonyl (C=O) groups is 2. The molecule has 0 aliphatic rings. The number of aliphatic carboxylic acids is 1. The minimum Gasteiger partial charge on any atom is -0.508 e. The van der Waals surface area contributed by atoms with Gasteiger partial charge in [0.25, 0.3) is 5.91 Å². The Morgan fingerprint density at radius 1 is 1.38 bits per heavy atom. The van der Waals surface area contributed by atoms with Gasteiger partial charge in [0.15, 0.2) is 0 Å². The molecule has 0 saturated heterocycles. The second-order valence-electron chi connectivity index (χ2n) is 4.18. The first kappa shape index (κ1) is 16.0. The summed E-state index contributed by atoms with van der Waals surface area (Å²) in [5.74, 6) is -1.55. The van der Waals surface area contributed by atoms with Crippen molar-refractivity contribution in [3.63, 3.8) is 0 Å². The molecule has 0 unspecified atom stereocenters. The lowest BCUT2D eigenvalue weighted by atomic mass is 10.2. The van der Waals surface area contributed by atoms with Gasteiger partial charge < -0.3 is 20.4 Å². The summed E-state index contributed by atoms with van der Waals surface area (Å²) in [6.07, 6.45) is 1.13. The summed E-state index contributed by atoms with van der Waals surface area (Å²) in [6.45, 7) is -0.0455. The van der Waals surface area contributed by atoms with Crippen LogP contribution in [0.1, 0.15) is 6.42 Å². The number of nitrogens with zero attached hydrogens (tertiary/aromatic N) is 2. The maximum absolute atomic E-state index is 11.7.